The van der Waals surface area contributed by atoms with E-state index in [2.05, 4.69) is 0 Å². The second-order valence-corrected chi connectivity index (χ2v) is 8.86. The van der Waals surface area contributed by atoms with Gasteiger partial charge in [0.05, 0.1) is 24.4 Å². The van der Waals surface area contributed by atoms with Gasteiger partial charge in [-0.1, -0.05) is 0 Å². The van der Waals surface area contributed by atoms with E-state index in [-0.39, 0.29) is 48.7 Å². The van der Waals surface area contributed by atoms with Gasteiger partial charge >= 0.3 is 18.3 Å². The first-order valence-electron chi connectivity index (χ1n) is 11.2. The highest BCUT2D eigenvalue weighted by Crippen LogP contribution is 2.01. The number of ether oxygens (including phenoxy) is 4. The Hall–Kier alpha value is -2.19. The summed E-state index contributed by atoms with van der Waals surface area (Å²) in [4.78, 5) is 36.0. The first-order chi connectivity index (χ1) is 14.4. The Kier molecular flexibility index (Phi) is 19.8. The molecule has 192 valence electrons. The van der Waals surface area contributed by atoms with Crippen molar-refractivity contribution in [3.05, 3.63) is 0 Å². The van der Waals surface area contributed by atoms with Crippen molar-refractivity contribution in [3.63, 3.8) is 0 Å². The summed E-state index contributed by atoms with van der Waals surface area (Å²) in [6.07, 6.45) is -1.39. The number of carbonyl (C=O) groups is 3. The minimum Gasteiger partial charge on any atom is -0.447 e. The van der Waals surface area contributed by atoms with Gasteiger partial charge in [-0.2, -0.15) is 0 Å². The maximum absolute atomic E-state index is 11.1. The van der Waals surface area contributed by atoms with E-state index in [1.165, 1.54) is 0 Å². The van der Waals surface area contributed by atoms with Gasteiger partial charge in [0, 0.05) is 26.2 Å². The highest BCUT2D eigenvalue weighted by molar-refractivity contribution is 5.68. The van der Waals surface area contributed by atoms with Gasteiger partial charge in [-0.25, -0.2) is 14.4 Å². The summed E-state index contributed by atoms with van der Waals surface area (Å²) >= 11 is 0. The number of nitrogens with zero attached hydrogens (tertiary/aromatic N) is 2. The van der Waals surface area contributed by atoms with Gasteiger partial charge in [-0.05, 0) is 83.1 Å². The molecule has 2 amide bonds. The molecular formula is C23H48N2O7. The highest BCUT2D eigenvalue weighted by Gasteiger charge is 2.14. The van der Waals surface area contributed by atoms with Crippen molar-refractivity contribution >= 4 is 18.3 Å². The van der Waals surface area contributed by atoms with Crippen LogP contribution in [0.5, 0.6) is 0 Å². The zero-order chi connectivity index (χ0) is 26.2. The van der Waals surface area contributed by atoms with E-state index in [1.807, 2.05) is 55.4 Å². The Labute approximate surface area is 195 Å². The molecule has 9 nitrogen and oxygen atoms in total. The average Bonchev–Trinajstić information content (AvgIpc) is 2.58. The molecule has 0 N–H and O–H groups in total. The maximum Gasteiger partial charge on any atom is 0.508 e. The Balaban J connectivity index is -0.000000395. The molecule has 9 heteroatoms. The summed E-state index contributed by atoms with van der Waals surface area (Å²) < 4.78 is 19.3. The molecule has 0 saturated heterocycles. The molecule has 0 heterocycles. The van der Waals surface area contributed by atoms with Gasteiger partial charge in [0.1, 0.15) is 0 Å². The molecule has 0 aliphatic rings. The summed E-state index contributed by atoms with van der Waals surface area (Å²) in [6.45, 7) is 22.3. The number of carbonyl (C=O) groups excluding carboxylic acids is 3. The molecule has 0 aliphatic carbocycles. The summed E-state index contributed by atoms with van der Waals surface area (Å²) in [5.41, 5.74) is 0. The van der Waals surface area contributed by atoms with E-state index in [0.717, 1.165) is 0 Å². The molecule has 32 heavy (non-hydrogen) atoms. The summed E-state index contributed by atoms with van der Waals surface area (Å²) in [5.74, 6) is 0. The molecule has 0 unspecified atom stereocenters. The number of hydrogen-bond acceptors (Lipinski definition) is 7. The third-order valence-corrected chi connectivity index (χ3v) is 3.46. The van der Waals surface area contributed by atoms with Gasteiger partial charge in [0.15, 0.2) is 0 Å². The molecular weight excluding hydrogens is 416 g/mol. The third kappa shape index (κ3) is 22.5. The highest BCUT2D eigenvalue weighted by atomic mass is 16.7. The van der Waals surface area contributed by atoms with Crippen LogP contribution in [0.15, 0.2) is 0 Å². The van der Waals surface area contributed by atoms with E-state index in [9.17, 15) is 14.4 Å². The average molecular weight is 465 g/mol. The van der Waals surface area contributed by atoms with Crippen LogP contribution in [-0.4, -0.2) is 78.7 Å². The van der Waals surface area contributed by atoms with Gasteiger partial charge in [0.25, 0.3) is 0 Å². The van der Waals surface area contributed by atoms with E-state index in [1.54, 1.807) is 51.6 Å². The lowest BCUT2D eigenvalue weighted by molar-refractivity contribution is 0.0167. The smallest absolute Gasteiger partial charge is 0.447 e. The Morgan fingerprint density at radius 2 is 0.688 bits per heavy atom. The van der Waals surface area contributed by atoms with Crippen LogP contribution in [0, 0.1) is 0 Å². The quantitative estimate of drug-likeness (QED) is 0.367. The fraction of sp³-hybridized carbons (Fsp3) is 0.870. The summed E-state index contributed by atoms with van der Waals surface area (Å²) in [7, 11) is 3.46. The largest absolute Gasteiger partial charge is 0.508 e. The molecule has 0 rings (SSSR count). The predicted molar refractivity (Wildman–Crippen MR) is 127 cm³/mol. The zero-order valence-corrected chi connectivity index (χ0v) is 22.7. The predicted octanol–water partition coefficient (Wildman–Crippen LogP) is 5.70. The van der Waals surface area contributed by atoms with Crippen LogP contribution in [0.3, 0.4) is 0 Å². The standard InChI is InChI=1S/2C8H17NO2.C7H14O3/c2*1-6(2)9(5)8(10)11-7(3)4;1-5(2)9-7(8)10-6(3)4/h2*6-7H,1-5H3;5-6H,1-4H3. The van der Waals surface area contributed by atoms with E-state index in [0.29, 0.717) is 0 Å². The van der Waals surface area contributed by atoms with Crippen LogP contribution < -0.4 is 0 Å². The van der Waals surface area contributed by atoms with Gasteiger partial charge in [-0.15, -0.1) is 0 Å². The van der Waals surface area contributed by atoms with Crippen molar-refractivity contribution in [3.8, 4) is 0 Å². The zero-order valence-electron chi connectivity index (χ0n) is 22.7. The second-order valence-electron chi connectivity index (χ2n) is 8.86. The SMILES string of the molecule is CC(C)OC(=O)N(C)C(C)C.CC(C)OC(=O)N(C)C(C)C.CC(C)OC(=O)OC(C)C. The van der Waals surface area contributed by atoms with Crippen LogP contribution in [0.1, 0.15) is 83.1 Å². The topological polar surface area (TPSA) is 94.6 Å². The van der Waals surface area contributed by atoms with Crippen molar-refractivity contribution in [2.45, 2.75) is 120 Å². The maximum atomic E-state index is 11.1. The minimum atomic E-state index is -0.593. The molecule has 0 fully saturated rings. The molecule has 0 bridgehead atoms. The first-order valence-corrected chi connectivity index (χ1v) is 11.2. The van der Waals surface area contributed by atoms with Crippen molar-refractivity contribution in [2.24, 2.45) is 0 Å². The van der Waals surface area contributed by atoms with E-state index in [4.69, 9.17) is 18.9 Å². The Morgan fingerprint density at radius 3 is 0.844 bits per heavy atom. The van der Waals surface area contributed by atoms with Gasteiger partial charge < -0.3 is 28.7 Å². The first kappa shape index (κ1) is 34.4. The van der Waals surface area contributed by atoms with Crippen molar-refractivity contribution < 1.29 is 33.3 Å². The van der Waals surface area contributed by atoms with Crippen LogP contribution in [0.4, 0.5) is 14.4 Å². The molecule has 0 saturated carbocycles. The normalized spacial score (nSPS) is 10.4. The van der Waals surface area contributed by atoms with Crippen LogP contribution in [0.2, 0.25) is 0 Å². The lowest BCUT2D eigenvalue weighted by atomic mass is 10.4. The fourth-order valence-corrected chi connectivity index (χ4v) is 1.40. The van der Waals surface area contributed by atoms with Crippen LogP contribution in [0.25, 0.3) is 0 Å². The lowest BCUT2D eigenvalue weighted by Gasteiger charge is -2.21. The van der Waals surface area contributed by atoms with Crippen LogP contribution >= 0.6 is 0 Å². The molecule has 0 aromatic heterocycles. The minimum absolute atomic E-state index is 0.0382. The van der Waals surface area contributed by atoms with Gasteiger partial charge in [-0.3, -0.25) is 0 Å². The van der Waals surface area contributed by atoms with Gasteiger partial charge in [0.2, 0.25) is 0 Å². The van der Waals surface area contributed by atoms with Crippen molar-refractivity contribution in [1.82, 2.24) is 9.80 Å². The third-order valence-electron chi connectivity index (χ3n) is 3.46. The molecule has 0 spiro atoms. The van der Waals surface area contributed by atoms with Crippen LogP contribution in [-0.2, 0) is 18.9 Å². The molecule has 0 aromatic rings. The van der Waals surface area contributed by atoms with E-state index >= 15 is 0 Å². The van der Waals surface area contributed by atoms with Crippen molar-refractivity contribution in [2.75, 3.05) is 14.1 Å². The van der Waals surface area contributed by atoms with E-state index < -0.39 is 6.16 Å². The second kappa shape index (κ2) is 18.4. The fourth-order valence-electron chi connectivity index (χ4n) is 1.40. The number of hydrogen-bond donors (Lipinski definition) is 0. The number of rotatable bonds is 6. The van der Waals surface area contributed by atoms with Crippen molar-refractivity contribution in [1.29, 1.82) is 0 Å². The summed E-state index contributed by atoms with van der Waals surface area (Å²) in [5, 5.41) is 0. The lowest BCUT2D eigenvalue weighted by Crippen LogP contribution is -2.34. The Bertz CT molecular complexity index is 474. The molecule has 0 radical (unpaired) electrons. The number of amides is 2. The Morgan fingerprint density at radius 1 is 0.469 bits per heavy atom. The summed E-state index contributed by atoms with van der Waals surface area (Å²) in [6, 6.07) is 0.391. The molecule has 0 aliphatic heterocycles. The molecule has 0 atom stereocenters. The monoisotopic (exact) mass is 464 g/mol. The molecule has 0 aromatic carbocycles.